The van der Waals surface area contributed by atoms with Gasteiger partial charge in [-0.2, -0.15) is 0 Å². The summed E-state index contributed by atoms with van der Waals surface area (Å²) < 4.78 is 10.8. The van der Waals surface area contributed by atoms with E-state index in [4.69, 9.17) is 9.47 Å². The van der Waals surface area contributed by atoms with Crippen LogP contribution in [-0.4, -0.2) is 25.8 Å². The molecule has 1 unspecified atom stereocenters. The average molecular weight is 332 g/mol. The minimum Gasteiger partial charge on any atom is -0.461 e. The molecule has 0 radical (unpaired) electrons. The molecule has 3 heteroatoms. The molecule has 0 bridgehead atoms. The van der Waals surface area contributed by atoms with E-state index >= 15 is 0 Å². The normalized spacial score (nSPS) is 17.6. The van der Waals surface area contributed by atoms with Gasteiger partial charge in [-0.3, -0.25) is 0 Å². The number of benzene rings is 1. The van der Waals surface area contributed by atoms with Gasteiger partial charge in [0.2, 0.25) is 0 Å². The first-order valence-electron chi connectivity index (χ1n) is 9.21. The van der Waals surface area contributed by atoms with Crippen LogP contribution in [0.4, 0.5) is 0 Å². The molecular formula is C21H32O3. The van der Waals surface area contributed by atoms with Crippen molar-refractivity contribution in [2.45, 2.75) is 53.4 Å². The minimum atomic E-state index is -0.230. The molecule has 1 aromatic rings. The first-order chi connectivity index (χ1) is 11.4. The lowest BCUT2D eigenvalue weighted by Gasteiger charge is -2.39. The van der Waals surface area contributed by atoms with Crippen LogP contribution in [0.5, 0.6) is 0 Å². The second kappa shape index (κ2) is 8.15. The van der Waals surface area contributed by atoms with Gasteiger partial charge in [0.15, 0.2) is 0 Å². The Bertz CT molecular complexity index is 521. The zero-order valence-electron chi connectivity index (χ0n) is 15.8. The number of ether oxygens (including phenoxy) is 2. The molecule has 0 amide bonds. The van der Waals surface area contributed by atoms with Crippen molar-refractivity contribution in [2.75, 3.05) is 19.8 Å². The van der Waals surface area contributed by atoms with Crippen molar-refractivity contribution >= 4 is 5.97 Å². The molecule has 0 saturated carbocycles. The van der Waals surface area contributed by atoms with Gasteiger partial charge in [0.25, 0.3) is 0 Å². The van der Waals surface area contributed by atoms with Crippen LogP contribution in [0.25, 0.3) is 0 Å². The predicted octanol–water partition coefficient (Wildman–Crippen LogP) is 5.06. The summed E-state index contributed by atoms with van der Waals surface area (Å²) in [4.78, 5) is 12.3. The Labute approximate surface area is 146 Å². The summed E-state index contributed by atoms with van der Waals surface area (Å²) in [5.74, 6) is 1.56. The Morgan fingerprint density at radius 2 is 1.79 bits per heavy atom. The van der Waals surface area contributed by atoms with E-state index in [1.807, 2.05) is 12.1 Å². The van der Waals surface area contributed by atoms with Crippen LogP contribution in [0.15, 0.2) is 24.3 Å². The summed E-state index contributed by atoms with van der Waals surface area (Å²) >= 11 is 0. The van der Waals surface area contributed by atoms with E-state index < -0.39 is 0 Å². The fourth-order valence-electron chi connectivity index (χ4n) is 3.25. The minimum absolute atomic E-state index is 0.0373. The van der Waals surface area contributed by atoms with Gasteiger partial charge in [0.05, 0.1) is 24.2 Å². The first kappa shape index (κ1) is 19.0. The fraction of sp³-hybridized carbons (Fsp3) is 0.667. The van der Waals surface area contributed by atoms with E-state index in [0.717, 1.165) is 6.42 Å². The van der Waals surface area contributed by atoms with Crippen LogP contribution in [0.3, 0.4) is 0 Å². The lowest BCUT2D eigenvalue weighted by atomic mass is 9.82. The van der Waals surface area contributed by atoms with E-state index in [0.29, 0.717) is 43.1 Å². The maximum atomic E-state index is 12.3. The highest BCUT2D eigenvalue weighted by molar-refractivity contribution is 5.89. The third kappa shape index (κ3) is 4.60. The standard InChI is InChI=1S/C21H32O3/c1-6-21(12-23-13-21)14-24-20(22)18-9-7-17(8-10-18)19(16(4)5)11-15(2)3/h7-10,15-16,19H,6,11-14H2,1-5H3. The van der Waals surface area contributed by atoms with Gasteiger partial charge in [0, 0.05) is 0 Å². The van der Waals surface area contributed by atoms with Crippen molar-refractivity contribution in [2.24, 2.45) is 17.3 Å². The van der Waals surface area contributed by atoms with E-state index in [-0.39, 0.29) is 11.4 Å². The van der Waals surface area contributed by atoms with Gasteiger partial charge in [-0.25, -0.2) is 4.79 Å². The van der Waals surface area contributed by atoms with Gasteiger partial charge >= 0.3 is 5.97 Å². The van der Waals surface area contributed by atoms with Crippen molar-refractivity contribution in [3.05, 3.63) is 35.4 Å². The summed E-state index contributed by atoms with van der Waals surface area (Å²) in [5.41, 5.74) is 1.99. The maximum Gasteiger partial charge on any atom is 0.338 e. The highest BCUT2D eigenvalue weighted by Crippen LogP contribution is 2.32. The molecule has 0 N–H and O–H groups in total. The molecule has 1 fully saturated rings. The van der Waals surface area contributed by atoms with Crippen molar-refractivity contribution in [3.8, 4) is 0 Å². The van der Waals surface area contributed by atoms with Crippen LogP contribution in [0.2, 0.25) is 0 Å². The van der Waals surface area contributed by atoms with Crippen LogP contribution in [-0.2, 0) is 9.47 Å². The third-order valence-electron chi connectivity index (χ3n) is 5.18. The Kier molecular flexibility index (Phi) is 6.45. The second-order valence-corrected chi connectivity index (χ2v) is 8.02. The van der Waals surface area contributed by atoms with Crippen molar-refractivity contribution in [1.82, 2.24) is 0 Å². The van der Waals surface area contributed by atoms with E-state index in [1.165, 1.54) is 12.0 Å². The largest absolute Gasteiger partial charge is 0.461 e. The van der Waals surface area contributed by atoms with E-state index in [2.05, 4.69) is 46.8 Å². The summed E-state index contributed by atoms with van der Waals surface area (Å²) in [6.45, 7) is 13.0. The first-order valence-corrected chi connectivity index (χ1v) is 9.21. The lowest BCUT2D eigenvalue weighted by molar-refractivity contribution is -0.140. The number of rotatable bonds is 8. The van der Waals surface area contributed by atoms with Crippen LogP contribution < -0.4 is 0 Å². The maximum absolute atomic E-state index is 12.3. The van der Waals surface area contributed by atoms with E-state index in [9.17, 15) is 4.79 Å². The summed E-state index contributed by atoms with van der Waals surface area (Å²) in [6.07, 6.45) is 2.14. The third-order valence-corrected chi connectivity index (χ3v) is 5.18. The van der Waals surface area contributed by atoms with Crippen molar-refractivity contribution in [3.63, 3.8) is 0 Å². The topological polar surface area (TPSA) is 35.5 Å². The summed E-state index contributed by atoms with van der Waals surface area (Å²) in [6, 6.07) is 7.99. The molecule has 134 valence electrons. The number of carbonyl (C=O) groups excluding carboxylic acids is 1. The molecule has 2 rings (SSSR count). The predicted molar refractivity (Wildman–Crippen MR) is 97.3 cm³/mol. The Balaban J connectivity index is 1.98. The quantitative estimate of drug-likeness (QED) is 0.625. The molecule has 24 heavy (non-hydrogen) atoms. The Hall–Kier alpha value is -1.35. The molecular weight excluding hydrogens is 300 g/mol. The highest BCUT2D eigenvalue weighted by Gasteiger charge is 2.38. The van der Waals surface area contributed by atoms with Gasteiger partial charge in [0.1, 0.15) is 6.61 Å². The fourth-order valence-corrected chi connectivity index (χ4v) is 3.25. The number of hydrogen-bond acceptors (Lipinski definition) is 3. The summed E-state index contributed by atoms with van der Waals surface area (Å²) in [5, 5.41) is 0. The average Bonchev–Trinajstić information content (AvgIpc) is 2.51. The van der Waals surface area contributed by atoms with Crippen LogP contribution in [0, 0.1) is 17.3 Å². The second-order valence-electron chi connectivity index (χ2n) is 8.02. The molecule has 1 aliphatic rings. The molecule has 1 atom stereocenters. The SMILES string of the molecule is CCC1(COC(=O)c2ccc(C(CC(C)C)C(C)C)cc2)COC1. The lowest BCUT2D eigenvalue weighted by Crippen LogP contribution is -2.46. The smallest absolute Gasteiger partial charge is 0.338 e. The molecule has 0 aromatic heterocycles. The van der Waals surface area contributed by atoms with Crippen LogP contribution in [0.1, 0.15) is 69.3 Å². The Morgan fingerprint density at radius 3 is 2.21 bits per heavy atom. The molecule has 1 aliphatic heterocycles. The number of esters is 1. The molecule has 3 nitrogen and oxygen atoms in total. The molecule has 1 saturated heterocycles. The monoisotopic (exact) mass is 332 g/mol. The molecule has 1 heterocycles. The van der Waals surface area contributed by atoms with Gasteiger partial charge in [-0.05, 0) is 48.3 Å². The molecule has 0 spiro atoms. The molecule has 0 aliphatic carbocycles. The Morgan fingerprint density at radius 1 is 1.17 bits per heavy atom. The summed E-state index contributed by atoms with van der Waals surface area (Å²) in [7, 11) is 0. The van der Waals surface area contributed by atoms with Crippen LogP contribution >= 0.6 is 0 Å². The van der Waals surface area contributed by atoms with Gasteiger partial charge in [-0.1, -0.05) is 46.8 Å². The molecule has 1 aromatic carbocycles. The number of hydrogen-bond donors (Lipinski definition) is 0. The van der Waals surface area contributed by atoms with Crippen molar-refractivity contribution in [1.29, 1.82) is 0 Å². The van der Waals surface area contributed by atoms with Gasteiger partial charge in [-0.15, -0.1) is 0 Å². The zero-order chi connectivity index (χ0) is 17.7. The van der Waals surface area contributed by atoms with Crippen molar-refractivity contribution < 1.29 is 14.3 Å². The highest BCUT2D eigenvalue weighted by atomic mass is 16.5. The zero-order valence-corrected chi connectivity index (χ0v) is 15.8. The number of carbonyl (C=O) groups is 1. The van der Waals surface area contributed by atoms with E-state index in [1.54, 1.807) is 0 Å². The van der Waals surface area contributed by atoms with Gasteiger partial charge < -0.3 is 9.47 Å².